The van der Waals surface area contributed by atoms with Crippen LogP contribution in [0.2, 0.25) is 0 Å². The molecule has 78 valence electrons. The minimum absolute atomic E-state index is 0.0577. The van der Waals surface area contributed by atoms with Gasteiger partial charge < -0.3 is 10.2 Å². The smallest absolute Gasteiger partial charge is 0.312 e. The van der Waals surface area contributed by atoms with Gasteiger partial charge >= 0.3 is 5.97 Å². The van der Waals surface area contributed by atoms with Crippen LogP contribution in [0.5, 0.6) is 0 Å². The van der Waals surface area contributed by atoms with Gasteiger partial charge in [-0.3, -0.25) is 14.7 Å². The molecule has 5 heteroatoms. The first-order valence-corrected chi connectivity index (χ1v) is 4.45. The summed E-state index contributed by atoms with van der Waals surface area (Å²) < 4.78 is 0. The zero-order valence-electron chi connectivity index (χ0n) is 8.42. The van der Waals surface area contributed by atoms with Gasteiger partial charge in [-0.25, -0.2) is 0 Å². The van der Waals surface area contributed by atoms with E-state index in [0.29, 0.717) is 11.3 Å². The lowest BCUT2D eigenvalue weighted by Gasteiger charge is -2.14. The Bertz CT molecular complexity index is 389. The quantitative estimate of drug-likeness (QED) is 0.672. The van der Waals surface area contributed by atoms with Crippen molar-refractivity contribution in [3.8, 4) is 0 Å². The highest BCUT2D eigenvalue weighted by atomic mass is 16.4. The van der Waals surface area contributed by atoms with E-state index in [1.807, 2.05) is 13.8 Å². The predicted octanol–water partition coefficient (Wildman–Crippen LogP) is 0.836. The molecule has 5 nitrogen and oxygen atoms in total. The molecule has 0 fully saturated rings. The van der Waals surface area contributed by atoms with Gasteiger partial charge in [0, 0.05) is 5.56 Å². The molecule has 0 bridgehead atoms. The first kappa shape index (κ1) is 10.6. The second-order valence-electron chi connectivity index (χ2n) is 3.68. The van der Waals surface area contributed by atoms with E-state index in [1.54, 1.807) is 6.92 Å². The van der Waals surface area contributed by atoms with Crippen LogP contribution in [0.1, 0.15) is 31.0 Å². The first-order chi connectivity index (χ1) is 6.45. The molecule has 0 aromatic carbocycles. The molecule has 1 aromatic heterocycles. The number of aliphatic carboxylic acids is 1. The first-order valence-electron chi connectivity index (χ1n) is 4.45. The van der Waals surface area contributed by atoms with Crippen LogP contribution in [0.15, 0.2) is 4.79 Å². The van der Waals surface area contributed by atoms with Crippen LogP contribution in [-0.2, 0) is 4.79 Å². The van der Waals surface area contributed by atoms with Crippen LogP contribution in [0.4, 0.5) is 0 Å². The van der Waals surface area contributed by atoms with E-state index in [2.05, 4.69) is 10.2 Å². The number of hydrogen-bond acceptors (Lipinski definition) is 2. The summed E-state index contributed by atoms with van der Waals surface area (Å²) >= 11 is 0. The number of carbonyl (C=O) groups is 1. The summed E-state index contributed by atoms with van der Waals surface area (Å²) in [6.45, 7) is 5.23. The zero-order valence-corrected chi connectivity index (χ0v) is 8.42. The van der Waals surface area contributed by atoms with Gasteiger partial charge in [-0.2, -0.15) is 0 Å². The Labute approximate surface area is 81.1 Å². The lowest BCUT2D eigenvalue weighted by molar-refractivity contribution is -0.140. The Kier molecular flexibility index (Phi) is 2.78. The highest BCUT2D eigenvalue weighted by molar-refractivity contribution is 5.76. The van der Waals surface area contributed by atoms with Gasteiger partial charge in [-0.1, -0.05) is 13.8 Å². The van der Waals surface area contributed by atoms with Crippen molar-refractivity contribution in [2.24, 2.45) is 5.92 Å². The molecular formula is C9H14N2O3. The summed E-state index contributed by atoms with van der Waals surface area (Å²) in [6, 6.07) is 0. The van der Waals surface area contributed by atoms with Crippen molar-refractivity contribution in [1.82, 2.24) is 10.2 Å². The van der Waals surface area contributed by atoms with Gasteiger partial charge in [0.05, 0.1) is 5.69 Å². The molecule has 1 rings (SSSR count). The van der Waals surface area contributed by atoms with Gasteiger partial charge in [0.2, 0.25) is 0 Å². The van der Waals surface area contributed by atoms with Crippen molar-refractivity contribution >= 4 is 5.97 Å². The second kappa shape index (κ2) is 3.69. The van der Waals surface area contributed by atoms with Crippen LogP contribution in [0.25, 0.3) is 0 Å². The van der Waals surface area contributed by atoms with Gasteiger partial charge in [0.1, 0.15) is 5.92 Å². The largest absolute Gasteiger partial charge is 0.481 e. The van der Waals surface area contributed by atoms with E-state index < -0.39 is 11.9 Å². The van der Waals surface area contributed by atoms with Crippen molar-refractivity contribution in [3.05, 3.63) is 21.6 Å². The Morgan fingerprint density at radius 2 is 1.93 bits per heavy atom. The second-order valence-corrected chi connectivity index (χ2v) is 3.68. The van der Waals surface area contributed by atoms with Gasteiger partial charge in [-0.15, -0.1) is 0 Å². The molecule has 1 unspecified atom stereocenters. The Morgan fingerprint density at radius 1 is 1.36 bits per heavy atom. The fraction of sp³-hybridized carbons (Fsp3) is 0.556. The summed E-state index contributed by atoms with van der Waals surface area (Å²) in [5.74, 6) is -1.63. The van der Waals surface area contributed by atoms with Gasteiger partial charge in [0.25, 0.3) is 5.56 Å². The number of hydrogen-bond donors (Lipinski definition) is 3. The van der Waals surface area contributed by atoms with Crippen LogP contribution in [-0.4, -0.2) is 21.3 Å². The number of carboxylic acids is 1. The molecule has 0 aliphatic rings. The molecular weight excluding hydrogens is 184 g/mol. The number of H-pyrrole nitrogens is 2. The third kappa shape index (κ3) is 1.71. The minimum Gasteiger partial charge on any atom is -0.481 e. The lowest BCUT2D eigenvalue weighted by atomic mass is 9.91. The Balaban J connectivity index is 3.18. The molecule has 0 amide bonds. The van der Waals surface area contributed by atoms with Crippen molar-refractivity contribution in [2.45, 2.75) is 26.7 Å². The summed E-state index contributed by atoms with van der Waals surface area (Å²) in [5.41, 5.74) is 0.663. The van der Waals surface area contributed by atoms with E-state index in [4.69, 9.17) is 5.11 Å². The van der Waals surface area contributed by atoms with Crippen molar-refractivity contribution in [1.29, 1.82) is 0 Å². The Morgan fingerprint density at radius 3 is 2.21 bits per heavy atom. The summed E-state index contributed by atoms with van der Waals surface area (Å²) in [5, 5.41) is 14.0. The summed E-state index contributed by atoms with van der Waals surface area (Å²) in [7, 11) is 0. The van der Waals surface area contributed by atoms with Crippen molar-refractivity contribution in [2.75, 3.05) is 0 Å². The normalized spacial score (nSPS) is 13.1. The molecule has 0 saturated carbocycles. The molecule has 3 N–H and O–H groups in total. The van der Waals surface area contributed by atoms with E-state index in [-0.39, 0.29) is 11.5 Å². The maximum absolute atomic E-state index is 11.1. The molecule has 0 spiro atoms. The molecule has 0 aliphatic carbocycles. The average Bonchev–Trinajstić information content (AvgIpc) is 2.35. The third-order valence-electron chi connectivity index (χ3n) is 2.30. The van der Waals surface area contributed by atoms with Crippen molar-refractivity contribution < 1.29 is 9.90 Å². The van der Waals surface area contributed by atoms with Crippen LogP contribution >= 0.6 is 0 Å². The monoisotopic (exact) mass is 198 g/mol. The maximum Gasteiger partial charge on any atom is 0.312 e. The fourth-order valence-corrected chi connectivity index (χ4v) is 1.49. The molecule has 1 heterocycles. The highest BCUT2D eigenvalue weighted by Gasteiger charge is 2.27. The topological polar surface area (TPSA) is 85.9 Å². The summed E-state index contributed by atoms with van der Waals surface area (Å²) in [4.78, 5) is 22.1. The minimum atomic E-state index is -0.918. The Hall–Kier alpha value is -1.52. The van der Waals surface area contributed by atoms with Crippen LogP contribution < -0.4 is 5.56 Å². The molecule has 1 aromatic rings. The molecule has 1 atom stereocenters. The fourth-order valence-electron chi connectivity index (χ4n) is 1.49. The number of carboxylic acid groups (broad SMARTS) is 1. The number of aromatic nitrogens is 2. The molecule has 14 heavy (non-hydrogen) atoms. The SMILES string of the molecule is Cc1c(C(C(=O)O)C(C)C)[nH][nH]c1=O. The molecule has 0 saturated heterocycles. The van der Waals surface area contributed by atoms with Crippen LogP contribution in [0.3, 0.4) is 0 Å². The van der Waals surface area contributed by atoms with E-state index >= 15 is 0 Å². The summed E-state index contributed by atoms with van der Waals surface area (Å²) in [6.07, 6.45) is 0. The average molecular weight is 198 g/mol. The lowest BCUT2D eigenvalue weighted by Crippen LogP contribution is -2.19. The highest BCUT2D eigenvalue weighted by Crippen LogP contribution is 2.23. The van der Waals surface area contributed by atoms with Crippen LogP contribution in [0, 0.1) is 12.8 Å². The molecule has 0 aliphatic heterocycles. The predicted molar refractivity (Wildman–Crippen MR) is 51.4 cm³/mol. The number of rotatable bonds is 3. The van der Waals surface area contributed by atoms with Gasteiger partial charge in [0.15, 0.2) is 0 Å². The van der Waals surface area contributed by atoms with E-state index in [1.165, 1.54) is 0 Å². The van der Waals surface area contributed by atoms with E-state index in [9.17, 15) is 9.59 Å². The third-order valence-corrected chi connectivity index (χ3v) is 2.30. The molecule has 0 radical (unpaired) electrons. The zero-order chi connectivity index (χ0) is 10.9. The standard InChI is InChI=1S/C9H14N2O3/c1-4(2)6(9(13)14)7-5(3)8(12)11-10-7/h4,6H,1-3H3,(H,13,14)(H2,10,11,12). The number of aromatic amines is 2. The van der Waals surface area contributed by atoms with Gasteiger partial charge in [-0.05, 0) is 12.8 Å². The van der Waals surface area contributed by atoms with E-state index in [0.717, 1.165) is 0 Å². The number of nitrogens with one attached hydrogen (secondary N) is 2. The maximum atomic E-state index is 11.1. The van der Waals surface area contributed by atoms with Crippen molar-refractivity contribution in [3.63, 3.8) is 0 Å².